The summed E-state index contributed by atoms with van der Waals surface area (Å²) in [5.74, 6) is -0.720. The van der Waals surface area contributed by atoms with Gasteiger partial charge in [0.2, 0.25) is 5.91 Å². The van der Waals surface area contributed by atoms with Gasteiger partial charge in [-0.05, 0) is 24.8 Å². The van der Waals surface area contributed by atoms with Crippen molar-refractivity contribution in [3.63, 3.8) is 0 Å². The van der Waals surface area contributed by atoms with E-state index in [0.717, 1.165) is 24.8 Å². The average Bonchev–Trinajstić information content (AvgIpc) is 2.86. The second-order valence-corrected chi connectivity index (χ2v) is 5.54. The minimum Gasteiger partial charge on any atom is -0.392 e. The van der Waals surface area contributed by atoms with Crippen molar-refractivity contribution in [2.75, 3.05) is 7.11 Å². The number of nitrogens with two attached hydrogens (primary N) is 1. The van der Waals surface area contributed by atoms with E-state index in [-0.39, 0.29) is 23.0 Å². The Bertz CT molecular complexity index is 478. The summed E-state index contributed by atoms with van der Waals surface area (Å²) < 4.78 is 5.39. The van der Waals surface area contributed by atoms with Gasteiger partial charge in [-0.2, -0.15) is 0 Å². The summed E-state index contributed by atoms with van der Waals surface area (Å²) >= 11 is 5.06. The number of carbonyl (C=O) groups is 1. The number of carbonyl (C=O) groups excluding carboxylic acids is 1. The van der Waals surface area contributed by atoms with E-state index in [4.69, 9.17) is 22.7 Å². The summed E-state index contributed by atoms with van der Waals surface area (Å²) in [4.78, 5) is 12.7. The number of hydrogen-bond acceptors (Lipinski definition) is 3. The third-order valence-corrected chi connectivity index (χ3v) is 4.00. The predicted octanol–water partition coefficient (Wildman–Crippen LogP) is 1.74. The molecule has 5 heteroatoms. The minimum atomic E-state index is -0.579. The van der Waals surface area contributed by atoms with Gasteiger partial charge in [0.05, 0.1) is 17.1 Å². The van der Waals surface area contributed by atoms with Crippen molar-refractivity contribution < 1.29 is 9.53 Å². The molecule has 3 N–H and O–H groups in total. The molecule has 108 valence electrons. The Balaban J connectivity index is 2.10. The molecule has 3 unspecified atom stereocenters. The molecule has 1 aromatic carbocycles. The van der Waals surface area contributed by atoms with E-state index in [0.29, 0.717) is 0 Å². The Morgan fingerprint density at radius 1 is 1.40 bits per heavy atom. The number of hydrogen-bond donors (Lipinski definition) is 2. The second-order valence-electron chi connectivity index (χ2n) is 5.07. The molecule has 0 radical (unpaired) electrons. The lowest BCUT2D eigenvalue weighted by Crippen LogP contribution is -2.45. The molecule has 0 heterocycles. The Hall–Kier alpha value is -1.46. The van der Waals surface area contributed by atoms with Gasteiger partial charge in [-0.1, -0.05) is 42.5 Å². The number of thiocarbonyl (C=S) groups is 1. The Labute approximate surface area is 124 Å². The molecule has 2 rings (SSSR count). The van der Waals surface area contributed by atoms with E-state index < -0.39 is 5.92 Å². The van der Waals surface area contributed by atoms with Gasteiger partial charge in [-0.3, -0.25) is 4.79 Å². The van der Waals surface area contributed by atoms with Crippen molar-refractivity contribution in [1.29, 1.82) is 0 Å². The fourth-order valence-electron chi connectivity index (χ4n) is 2.73. The lowest BCUT2D eigenvalue weighted by atomic mass is 9.97. The van der Waals surface area contributed by atoms with Crippen LogP contribution in [0.3, 0.4) is 0 Å². The molecule has 0 aromatic heterocycles. The fraction of sp³-hybridized carbons (Fsp3) is 0.467. The maximum Gasteiger partial charge on any atom is 0.234 e. The van der Waals surface area contributed by atoms with Gasteiger partial charge in [-0.15, -0.1) is 0 Å². The molecule has 3 atom stereocenters. The highest BCUT2D eigenvalue weighted by molar-refractivity contribution is 7.80. The zero-order valence-corrected chi connectivity index (χ0v) is 12.4. The molecule has 1 aliphatic carbocycles. The SMILES string of the molecule is COC1CCCC1NC(=O)C(C(N)=S)c1ccccc1. The molecule has 0 bridgehead atoms. The average molecular weight is 292 g/mol. The molecule has 1 aliphatic rings. The molecule has 0 aliphatic heterocycles. The van der Waals surface area contributed by atoms with Crippen LogP contribution in [-0.2, 0) is 9.53 Å². The molecule has 0 spiro atoms. The summed E-state index contributed by atoms with van der Waals surface area (Å²) in [7, 11) is 1.68. The smallest absolute Gasteiger partial charge is 0.234 e. The van der Waals surface area contributed by atoms with Gasteiger partial charge in [0, 0.05) is 7.11 Å². The largest absolute Gasteiger partial charge is 0.392 e. The lowest BCUT2D eigenvalue weighted by molar-refractivity contribution is -0.122. The molecule has 1 aromatic rings. The lowest BCUT2D eigenvalue weighted by Gasteiger charge is -2.23. The number of ether oxygens (including phenoxy) is 1. The zero-order chi connectivity index (χ0) is 14.5. The number of amides is 1. The quantitative estimate of drug-likeness (QED) is 0.811. The van der Waals surface area contributed by atoms with Crippen LogP contribution in [0.2, 0.25) is 0 Å². The number of benzene rings is 1. The van der Waals surface area contributed by atoms with Crippen LogP contribution >= 0.6 is 12.2 Å². The number of nitrogens with one attached hydrogen (secondary N) is 1. The highest BCUT2D eigenvalue weighted by Crippen LogP contribution is 2.23. The van der Waals surface area contributed by atoms with Gasteiger partial charge in [0.15, 0.2) is 0 Å². The normalized spacial score (nSPS) is 23.2. The molecule has 0 saturated heterocycles. The summed E-state index contributed by atoms with van der Waals surface area (Å²) in [6, 6.07) is 9.43. The third-order valence-electron chi connectivity index (χ3n) is 3.76. The zero-order valence-electron chi connectivity index (χ0n) is 11.5. The topological polar surface area (TPSA) is 64.3 Å². The van der Waals surface area contributed by atoms with Crippen LogP contribution in [0.5, 0.6) is 0 Å². The van der Waals surface area contributed by atoms with Gasteiger partial charge in [0.25, 0.3) is 0 Å². The van der Waals surface area contributed by atoms with Crippen molar-refractivity contribution in [2.24, 2.45) is 5.73 Å². The molecule has 1 amide bonds. The third kappa shape index (κ3) is 3.35. The first-order valence-corrected chi connectivity index (χ1v) is 7.21. The van der Waals surface area contributed by atoms with Crippen molar-refractivity contribution in [3.05, 3.63) is 35.9 Å². The first-order chi connectivity index (χ1) is 9.63. The van der Waals surface area contributed by atoms with Crippen LogP contribution in [-0.4, -0.2) is 30.2 Å². The van der Waals surface area contributed by atoms with Crippen LogP contribution in [0.25, 0.3) is 0 Å². The first-order valence-electron chi connectivity index (χ1n) is 6.81. The summed E-state index contributed by atoms with van der Waals surface area (Å²) in [5, 5.41) is 3.03. The van der Waals surface area contributed by atoms with Crippen molar-refractivity contribution in [1.82, 2.24) is 5.32 Å². The summed E-state index contributed by atoms with van der Waals surface area (Å²) in [6.07, 6.45) is 3.06. The fourth-order valence-corrected chi connectivity index (χ4v) is 2.97. The molecular formula is C15H20N2O2S. The van der Waals surface area contributed by atoms with Crippen LogP contribution in [0, 0.1) is 0 Å². The van der Waals surface area contributed by atoms with E-state index in [1.54, 1.807) is 7.11 Å². The maximum atomic E-state index is 12.5. The van der Waals surface area contributed by atoms with Crippen molar-refractivity contribution in [3.8, 4) is 0 Å². The van der Waals surface area contributed by atoms with Crippen LogP contribution < -0.4 is 11.1 Å². The van der Waals surface area contributed by atoms with Crippen LogP contribution in [0.4, 0.5) is 0 Å². The molecule has 1 saturated carbocycles. The van der Waals surface area contributed by atoms with Gasteiger partial charge in [0.1, 0.15) is 5.92 Å². The van der Waals surface area contributed by atoms with Crippen LogP contribution in [0.15, 0.2) is 30.3 Å². The van der Waals surface area contributed by atoms with Gasteiger partial charge < -0.3 is 15.8 Å². The number of rotatable bonds is 5. The van der Waals surface area contributed by atoms with Gasteiger partial charge in [-0.25, -0.2) is 0 Å². The Morgan fingerprint density at radius 2 is 2.10 bits per heavy atom. The van der Waals surface area contributed by atoms with E-state index >= 15 is 0 Å². The monoisotopic (exact) mass is 292 g/mol. The Kier molecular flexibility index (Phi) is 5.09. The van der Waals surface area contributed by atoms with Crippen LogP contribution in [0.1, 0.15) is 30.7 Å². The maximum absolute atomic E-state index is 12.5. The van der Waals surface area contributed by atoms with E-state index in [1.165, 1.54) is 0 Å². The van der Waals surface area contributed by atoms with E-state index in [9.17, 15) is 4.79 Å². The van der Waals surface area contributed by atoms with Crippen molar-refractivity contribution >= 4 is 23.1 Å². The predicted molar refractivity (Wildman–Crippen MR) is 82.5 cm³/mol. The second kappa shape index (κ2) is 6.81. The molecule has 4 nitrogen and oxygen atoms in total. The highest BCUT2D eigenvalue weighted by Gasteiger charge is 2.32. The van der Waals surface area contributed by atoms with E-state index in [1.807, 2.05) is 30.3 Å². The molecule has 1 fully saturated rings. The minimum absolute atomic E-state index is 0.0491. The molecule has 20 heavy (non-hydrogen) atoms. The standard InChI is InChI=1S/C15H20N2O2S/c1-19-12-9-5-8-11(12)17-15(18)13(14(16)20)10-6-3-2-4-7-10/h2-4,6-7,11-13H,5,8-9H2,1H3,(H2,16,20)(H,17,18). The van der Waals surface area contributed by atoms with Crippen molar-refractivity contribution in [2.45, 2.75) is 37.3 Å². The van der Waals surface area contributed by atoms with E-state index in [2.05, 4.69) is 5.32 Å². The molecular weight excluding hydrogens is 272 g/mol. The summed E-state index contributed by atoms with van der Waals surface area (Å²) in [5.41, 5.74) is 6.57. The highest BCUT2D eigenvalue weighted by atomic mass is 32.1. The van der Waals surface area contributed by atoms with Gasteiger partial charge >= 0.3 is 0 Å². The first kappa shape index (κ1) is 14.9. The summed E-state index contributed by atoms with van der Waals surface area (Å²) in [6.45, 7) is 0. The Morgan fingerprint density at radius 3 is 2.70 bits per heavy atom. The number of methoxy groups -OCH3 is 1.